The van der Waals surface area contributed by atoms with Gasteiger partial charge in [0.1, 0.15) is 31.5 Å². The van der Waals surface area contributed by atoms with E-state index >= 15 is 0 Å². The second-order valence-electron chi connectivity index (χ2n) is 15.8. The van der Waals surface area contributed by atoms with Crippen LogP contribution in [0.15, 0.2) is 109 Å². The smallest absolute Gasteiger partial charge is 0.463 e. The number of aliphatic hydroxyl groups excluding tert-OH is 3. The van der Waals surface area contributed by atoms with Crippen molar-refractivity contribution in [3.05, 3.63) is 109 Å². The highest BCUT2D eigenvalue weighted by Gasteiger charge is 2.28. The van der Waals surface area contributed by atoms with Gasteiger partial charge < -0.3 is 34.6 Å². The van der Waals surface area contributed by atoms with E-state index in [1.54, 1.807) is 0 Å². The fourth-order valence-corrected chi connectivity index (χ4v) is 7.19. The maximum absolute atomic E-state index is 12.2. The molecule has 0 saturated carbocycles. The van der Waals surface area contributed by atoms with Crippen LogP contribution in [0.3, 0.4) is 0 Å². The lowest BCUT2D eigenvalue weighted by atomic mass is 10.1. The molecule has 388 valence electrons. The summed E-state index contributed by atoms with van der Waals surface area (Å²) in [5.74, 6) is -1.04. The molecular formula is C51H84O15P2. The van der Waals surface area contributed by atoms with E-state index in [4.69, 9.17) is 9.47 Å². The number of carbonyl (C=O) groups is 2. The van der Waals surface area contributed by atoms with E-state index in [-0.39, 0.29) is 12.8 Å². The van der Waals surface area contributed by atoms with Crippen LogP contribution in [0.5, 0.6) is 0 Å². The average molecular weight is 999 g/mol. The molecule has 0 aromatic carbocycles. The van der Waals surface area contributed by atoms with E-state index in [0.717, 1.165) is 103 Å². The molecule has 0 rings (SSSR count). The predicted octanol–water partition coefficient (Wildman–Crippen LogP) is 11.3. The van der Waals surface area contributed by atoms with Gasteiger partial charge in [-0.25, -0.2) is 9.13 Å². The maximum atomic E-state index is 12.2. The molecule has 15 nitrogen and oxygen atoms in total. The van der Waals surface area contributed by atoms with Crippen molar-refractivity contribution in [2.45, 2.75) is 161 Å². The van der Waals surface area contributed by atoms with Crippen LogP contribution in [0.2, 0.25) is 0 Å². The lowest BCUT2D eigenvalue weighted by Crippen LogP contribution is -2.25. The normalized spacial score (nSPS) is 15.9. The van der Waals surface area contributed by atoms with Gasteiger partial charge in [0, 0.05) is 12.8 Å². The van der Waals surface area contributed by atoms with Crippen molar-refractivity contribution in [1.82, 2.24) is 0 Å². The zero-order chi connectivity index (χ0) is 50.2. The van der Waals surface area contributed by atoms with Crippen LogP contribution in [-0.4, -0.2) is 95.0 Å². The first-order chi connectivity index (χ1) is 32.8. The van der Waals surface area contributed by atoms with E-state index in [9.17, 15) is 43.8 Å². The summed E-state index contributed by atoms with van der Waals surface area (Å²) in [5.41, 5.74) is 0. The van der Waals surface area contributed by atoms with Crippen LogP contribution < -0.4 is 0 Å². The van der Waals surface area contributed by atoms with Crippen LogP contribution in [0.25, 0.3) is 0 Å². The van der Waals surface area contributed by atoms with Crippen LogP contribution in [-0.2, 0) is 46.3 Å². The Hall–Kier alpha value is -3.30. The van der Waals surface area contributed by atoms with Crippen LogP contribution >= 0.6 is 15.6 Å². The molecule has 0 spiro atoms. The number of aliphatic hydroxyl groups is 3. The molecule has 5 N–H and O–H groups in total. The Kier molecular flexibility index (Phi) is 43.9. The van der Waals surface area contributed by atoms with E-state index in [2.05, 4.69) is 105 Å². The van der Waals surface area contributed by atoms with E-state index in [1.165, 1.54) is 0 Å². The first kappa shape index (κ1) is 64.7. The first-order valence-corrected chi connectivity index (χ1v) is 27.3. The molecule has 0 radical (unpaired) electrons. The second-order valence-corrected chi connectivity index (χ2v) is 18.7. The SMILES string of the molecule is CC/C=C\C/C=C\C/C=C\C/C=C\C/C=C\CCCCCCCC(=O)OCC(O)COP(=O)(O)OCC(O)COP(=O)(O)OCC(O)COC(=O)CCCCCCC\C=C/C=C/C=C/C=C/CC. The topological polar surface area (TPSA) is 225 Å². The molecule has 0 aromatic rings. The van der Waals surface area contributed by atoms with Crippen LogP contribution in [0, 0.1) is 0 Å². The molecule has 5 atom stereocenters. The Labute approximate surface area is 407 Å². The Bertz CT molecular complexity index is 1630. The van der Waals surface area contributed by atoms with Crippen molar-refractivity contribution >= 4 is 27.6 Å². The van der Waals surface area contributed by atoms with Gasteiger partial charge >= 0.3 is 27.6 Å². The summed E-state index contributed by atoms with van der Waals surface area (Å²) >= 11 is 0. The van der Waals surface area contributed by atoms with Crippen molar-refractivity contribution in [3.63, 3.8) is 0 Å². The van der Waals surface area contributed by atoms with E-state index < -0.39 is 85.5 Å². The number of rotatable bonds is 45. The zero-order valence-corrected chi connectivity index (χ0v) is 42.5. The number of esters is 2. The van der Waals surface area contributed by atoms with Gasteiger partial charge in [-0.15, -0.1) is 0 Å². The average Bonchev–Trinajstić information content (AvgIpc) is 3.31. The molecule has 0 aliphatic heterocycles. The van der Waals surface area contributed by atoms with Gasteiger partial charge in [-0.2, -0.15) is 0 Å². The van der Waals surface area contributed by atoms with E-state index in [1.807, 2.05) is 36.5 Å². The molecule has 0 fully saturated rings. The quantitative estimate of drug-likeness (QED) is 0.0126. The number of unbranched alkanes of at least 4 members (excludes halogenated alkanes) is 10. The third kappa shape index (κ3) is 47.8. The molecule has 0 heterocycles. The van der Waals surface area contributed by atoms with E-state index in [0.29, 0.717) is 12.8 Å². The Balaban J connectivity index is 3.94. The fourth-order valence-electron chi connectivity index (χ4n) is 5.60. The van der Waals surface area contributed by atoms with Gasteiger partial charge in [-0.1, -0.05) is 162 Å². The predicted molar refractivity (Wildman–Crippen MR) is 269 cm³/mol. The molecule has 0 saturated heterocycles. The van der Waals surface area contributed by atoms with Gasteiger partial charge in [0.25, 0.3) is 0 Å². The Morgan fingerprint density at radius 1 is 0.397 bits per heavy atom. The van der Waals surface area contributed by atoms with Crippen molar-refractivity contribution in [2.24, 2.45) is 0 Å². The first-order valence-electron chi connectivity index (χ1n) is 24.3. The standard InChI is InChI=1S/C51H84O15P2/c1-3-5-7-9-11-13-15-17-19-20-21-22-23-24-26-28-30-32-34-36-38-40-51(56)62-42-48(53)44-64-68(59,60)66-46-49(54)45-65-67(57,58)63-43-47(52)41-61-50(55)39-37-35-33-31-29-27-25-18-16-14-12-10-8-6-4-2/h5-8,10-14,16-19,21-22,24-26,47-49,52-54H,3-4,9,15,20,23,27-46H2,1-2H3,(H,57,58)(H,59,60)/b7-5-,8-6+,12-10+,13-11-,16-14+,19-17-,22-21-,25-18-,26-24-. The highest BCUT2D eigenvalue weighted by Crippen LogP contribution is 2.45. The second kappa shape index (κ2) is 46.1. The van der Waals surface area contributed by atoms with Crippen molar-refractivity contribution in [3.8, 4) is 0 Å². The number of hydrogen-bond acceptors (Lipinski definition) is 13. The molecule has 0 amide bonds. The van der Waals surface area contributed by atoms with Gasteiger partial charge in [-0.05, 0) is 77.0 Å². The van der Waals surface area contributed by atoms with Gasteiger partial charge in [0.05, 0.1) is 26.4 Å². The number of carbonyl (C=O) groups excluding carboxylic acids is 2. The minimum Gasteiger partial charge on any atom is -0.463 e. The minimum atomic E-state index is -4.80. The number of hydrogen-bond donors (Lipinski definition) is 5. The molecule has 0 aliphatic rings. The molecule has 0 aromatic heterocycles. The Morgan fingerprint density at radius 2 is 0.706 bits per heavy atom. The number of phosphoric acid groups is 2. The van der Waals surface area contributed by atoms with Gasteiger partial charge in [0.15, 0.2) is 0 Å². The molecule has 68 heavy (non-hydrogen) atoms. The monoisotopic (exact) mass is 999 g/mol. The Morgan fingerprint density at radius 3 is 1.12 bits per heavy atom. The summed E-state index contributed by atoms with van der Waals surface area (Å²) < 4.78 is 53.0. The van der Waals surface area contributed by atoms with Crippen molar-refractivity contribution < 1.29 is 71.4 Å². The minimum absolute atomic E-state index is 0.165. The summed E-state index contributed by atoms with van der Waals surface area (Å²) in [4.78, 5) is 43.8. The largest absolute Gasteiger partial charge is 0.472 e. The summed E-state index contributed by atoms with van der Waals surface area (Å²) in [7, 11) is -9.60. The third-order valence-electron chi connectivity index (χ3n) is 9.32. The van der Waals surface area contributed by atoms with Crippen molar-refractivity contribution in [2.75, 3.05) is 39.6 Å². The number of ether oxygens (including phenoxy) is 2. The third-order valence-corrected chi connectivity index (χ3v) is 11.2. The lowest BCUT2D eigenvalue weighted by Gasteiger charge is -2.19. The van der Waals surface area contributed by atoms with Crippen LogP contribution in [0.1, 0.15) is 142 Å². The summed E-state index contributed by atoms with van der Waals surface area (Å²) in [5, 5.41) is 30.0. The summed E-state index contributed by atoms with van der Waals surface area (Å²) in [6.45, 7) is 0.0826. The lowest BCUT2D eigenvalue weighted by molar-refractivity contribution is -0.148. The zero-order valence-electron chi connectivity index (χ0n) is 40.7. The van der Waals surface area contributed by atoms with Gasteiger partial charge in [-0.3, -0.25) is 27.7 Å². The summed E-state index contributed by atoms with van der Waals surface area (Å²) in [6, 6.07) is 0. The van der Waals surface area contributed by atoms with Gasteiger partial charge in [0.2, 0.25) is 0 Å². The molecule has 0 bridgehead atoms. The highest BCUT2D eigenvalue weighted by atomic mass is 31.2. The number of allylic oxidation sites excluding steroid dienone is 18. The summed E-state index contributed by atoms with van der Waals surface area (Å²) in [6.07, 6.45) is 50.7. The van der Waals surface area contributed by atoms with Crippen molar-refractivity contribution in [1.29, 1.82) is 0 Å². The molecular weight excluding hydrogens is 914 g/mol. The molecule has 0 aliphatic carbocycles. The number of phosphoric ester groups is 2. The molecule has 17 heteroatoms. The van der Waals surface area contributed by atoms with Crippen LogP contribution in [0.4, 0.5) is 0 Å². The fraction of sp³-hybridized carbons (Fsp3) is 0.608. The molecule has 5 unspecified atom stereocenters. The maximum Gasteiger partial charge on any atom is 0.472 e. The highest BCUT2D eigenvalue weighted by molar-refractivity contribution is 7.47.